The summed E-state index contributed by atoms with van der Waals surface area (Å²) < 4.78 is 0. The number of piperazine rings is 1. The van der Waals surface area contributed by atoms with Crippen molar-refractivity contribution in [1.29, 1.82) is 0 Å². The van der Waals surface area contributed by atoms with Crippen LogP contribution in [0, 0.1) is 0 Å². The number of hydrogen-bond donors (Lipinski definition) is 1. The Kier molecular flexibility index (Phi) is 10.0. The van der Waals surface area contributed by atoms with Crippen molar-refractivity contribution in [2.24, 2.45) is 0 Å². The smallest absolute Gasteiger partial charge is 0.318 e. The van der Waals surface area contributed by atoms with Crippen molar-refractivity contribution in [2.75, 3.05) is 52.1 Å². The molecule has 0 saturated carbocycles. The fraction of sp³-hybridized carbons (Fsp3) is 0.762. The second kappa shape index (κ2) is 12.2. The molecule has 0 radical (unpaired) electrons. The predicted molar refractivity (Wildman–Crippen MR) is 118 cm³/mol. The second-order valence-electron chi connectivity index (χ2n) is 7.98. The summed E-state index contributed by atoms with van der Waals surface area (Å²) in [5.74, 6) is 0.544. The molecule has 1 aliphatic carbocycles. The highest BCUT2D eigenvalue weighted by molar-refractivity contribution is 8.13. The van der Waals surface area contributed by atoms with E-state index in [0.29, 0.717) is 31.9 Å². The van der Waals surface area contributed by atoms with E-state index >= 15 is 0 Å². The van der Waals surface area contributed by atoms with Crippen molar-refractivity contribution in [2.45, 2.75) is 52.0 Å². The number of nitrogens with zero attached hydrogens (tertiary/aromatic N) is 3. The highest BCUT2D eigenvalue weighted by Gasteiger charge is 2.26. The van der Waals surface area contributed by atoms with Crippen molar-refractivity contribution in [3.8, 4) is 0 Å². The van der Waals surface area contributed by atoms with Gasteiger partial charge in [0.2, 0.25) is 5.91 Å². The van der Waals surface area contributed by atoms with Gasteiger partial charge in [-0.15, -0.1) is 0 Å². The van der Waals surface area contributed by atoms with Crippen LogP contribution >= 0.6 is 11.8 Å². The molecular formula is C21H36N4O3S. The Morgan fingerprint density at radius 1 is 1.17 bits per heavy atom. The number of urea groups is 1. The molecule has 29 heavy (non-hydrogen) atoms. The lowest BCUT2D eigenvalue weighted by Crippen LogP contribution is -2.55. The zero-order valence-corrected chi connectivity index (χ0v) is 18.9. The Morgan fingerprint density at radius 3 is 2.52 bits per heavy atom. The first kappa shape index (κ1) is 23.7. The Morgan fingerprint density at radius 2 is 1.90 bits per heavy atom. The van der Waals surface area contributed by atoms with Gasteiger partial charge in [0, 0.05) is 51.9 Å². The summed E-state index contributed by atoms with van der Waals surface area (Å²) >= 11 is 1.23. The molecule has 1 aliphatic heterocycles. The van der Waals surface area contributed by atoms with Gasteiger partial charge in [0.25, 0.3) is 0 Å². The normalized spacial score (nSPS) is 18.7. The predicted octanol–water partition coefficient (Wildman–Crippen LogP) is 2.33. The van der Waals surface area contributed by atoms with Gasteiger partial charge in [-0.05, 0) is 46.1 Å². The summed E-state index contributed by atoms with van der Waals surface area (Å²) in [5.41, 5.74) is 1.41. The first-order chi connectivity index (χ1) is 13.9. The average Bonchev–Trinajstić information content (AvgIpc) is 2.71. The molecule has 0 bridgehead atoms. The number of carbonyl (C=O) groups excluding carboxylic acids is 3. The number of amides is 3. The van der Waals surface area contributed by atoms with Crippen molar-refractivity contribution in [3.05, 3.63) is 11.6 Å². The lowest BCUT2D eigenvalue weighted by atomic mass is 9.97. The van der Waals surface area contributed by atoms with Crippen LogP contribution in [0.3, 0.4) is 0 Å². The summed E-state index contributed by atoms with van der Waals surface area (Å²) in [4.78, 5) is 42.6. The van der Waals surface area contributed by atoms with E-state index in [1.165, 1.54) is 30.2 Å². The Labute approximate surface area is 179 Å². The van der Waals surface area contributed by atoms with Crippen LogP contribution in [0.5, 0.6) is 0 Å². The zero-order chi connectivity index (χ0) is 21.2. The van der Waals surface area contributed by atoms with Crippen LogP contribution in [0.4, 0.5) is 4.79 Å². The van der Waals surface area contributed by atoms with Gasteiger partial charge >= 0.3 is 6.03 Å². The third-order valence-electron chi connectivity index (χ3n) is 5.57. The molecule has 1 saturated heterocycles. The van der Waals surface area contributed by atoms with Gasteiger partial charge in [0.1, 0.15) is 6.04 Å². The lowest BCUT2D eigenvalue weighted by Gasteiger charge is -2.34. The average molecular weight is 425 g/mol. The zero-order valence-electron chi connectivity index (χ0n) is 18.1. The Bertz CT molecular complexity index is 603. The molecule has 0 aromatic rings. The molecule has 2 rings (SSSR count). The van der Waals surface area contributed by atoms with Crippen LogP contribution in [0.1, 0.15) is 46.0 Å². The largest absolute Gasteiger partial charge is 0.338 e. The van der Waals surface area contributed by atoms with E-state index in [9.17, 15) is 14.4 Å². The van der Waals surface area contributed by atoms with Gasteiger partial charge in [0.05, 0.1) is 0 Å². The van der Waals surface area contributed by atoms with Gasteiger partial charge in [-0.1, -0.05) is 23.4 Å². The molecule has 7 nitrogen and oxygen atoms in total. The van der Waals surface area contributed by atoms with Gasteiger partial charge in [0.15, 0.2) is 5.12 Å². The molecule has 1 atom stereocenters. The van der Waals surface area contributed by atoms with Crippen LogP contribution in [0.15, 0.2) is 11.6 Å². The standard InChI is InChI=1S/C21H36N4O3S/c1-17(20(27)24-13-11-23(3)12-14-24)22-21(28)25(15-16-29-18(2)26)10-9-19-7-5-4-6-8-19/h7,17H,4-6,8-16H2,1-3H3,(H,22,28)/t17-/m0/s1. The second-order valence-corrected chi connectivity index (χ2v) is 9.26. The summed E-state index contributed by atoms with van der Waals surface area (Å²) in [7, 11) is 2.05. The van der Waals surface area contributed by atoms with E-state index in [-0.39, 0.29) is 17.1 Å². The van der Waals surface area contributed by atoms with Gasteiger partial charge in [-0.2, -0.15) is 0 Å². The molecule has 0 spiro atoms. The monoisotopic (exact) mass is 424 g/mol. The first-order valence-corrected chi connectivity index (χ1v) is 11.7. The summed E-state index contributed by atoms with van der Waals surface area (Å²) in [6.45, 7) is 7.52. The first-order valence-electron chi connectivity index (χ1n) is 10.7. The van der Waals surface area contributed by atoms with Crippen molar-refractivity contribution in [3.63, 3.8) is 0 Å². The fourth-order valence-electron chi connectivity index (χ4n) is 3.66. The van der Waals surface area contributed by atoms with E-state index in [1.54, 1.807) is 18.7 Å². The highest BCUT2D eigenvalue weighted by Crippen LogP contribution is 2.20. The maximum absolute atomic E-state index is 12.9. The molecule has 0 aromatic carbocycles. The maximum Gasteiger partial charge on any atom is 0.318 e. The van der Waals surface area contributed by atoms with Gasteiger partial charge < -0.3 is 20.0 Å². The van der Waals surface area contributed by atoms with Crippen molar-refractivity contribution >= 4 is 28.8 Å². The minimum absolute atomic E-state index is 0.0282. The van der Waals surface area contributed by atoms with Gasteiger partial charge in [-0.25, -0.2) is 4.79 Å². The van der Waals surface area contributed by atoms with E-state index < -0.39 is 6.04 Å². The summed E-state index contributed by atoms with van der Waals surface area (Å²) in [5, 5.41) is 2.94. The molecule has 0 aromatic heterocycles. The highest BCUT2D eigenvalue weighted by atomic mass is 32.2. The molecule has 1 fully saturated rings. The number of carbonyl (C=O) groups is 3. The molecule has 1 N–H and O–H groups in total. The molecule has 2 aliphatic rings. The van der Waals surface area contributed by atoms with Gasteiger partial charge in [-0.3, -0.25) is 9.59 Å². The molecule has 3 amide bonds. The van der Waals surface area contributed by atoms with Crippen molar-refractivity contribution in [1.82, 2.24) is 20.0 Å². The molecule has 0 unspecified atom stereocenters. The Balaban J connectivity index is 1.88. The number of likely N-dealkylation sites (N-methyl/N-ethyl adjacent to an activating group) is 1. The van der Waals surface area contributed by atoms with Crippen LogP contribution in [0.2, 0.25) is 0 Å². The van der Waals surface area contributed by atoms with E-state index in [4.69, 9.17) is 0 Å². The number of allylic oxidation sites excluding steroid dienone is 1. The molecule has 1 heterocycles. The topological polar surface area (TPSA) is 73.0 Å². The van der Waals surface area contributed by atoms with E-state index in [2.05, 4.69) is 16.3 Å². The molecule has 8 heteroatoms. The maximum atomic E-state index is 12.9. The van der Waals surface area contributed by atoms with E-state index in [1.807, 2.05) is 11.9 Å². The number of hydrogen-bond acceptors (Lipinski definition) is 5. The third kappa shape index (κ3) is 8.38. The van der Waals surface area contributed by atoms with Crippen LogP contribution in [-0.4, -0.2) is 89.9 Å². The lowest BCUT2D eigenvalue weighted by molar-refractivity contribution is -0.134. The summed E-state index contributed by atoms with van der Waals surface area (Å²) in [6, 6.07) is -0.775. The number of rotatable bonds is 8. The van der Waals surface area contributed by atoms with Crippen LogP contribution in [0.25, 0.3) is 0 Å². The van der Waals surface area contributed by atoms with E-state index in [0.717, 1.165) is 32.4 Å². The fourth-order valence-corrected chi connectivity index (χ4v) is 4.26. The Hall–Kier alpha value is -1.54. The number of thioether (sulfide) groups is 1. The summed E-state index contributed by atoms with van der Waals surface area (Å²) in [6.07, 6.45) is 7.85. The van der Waals surface area contributed by atoms with Crippen LogP contribution < -0.4 is 5.32 Å². The van der Waals surface area contributed by atoms with Crippen LogP contribution in [-0.2, 0) is 9.59 Å². The number of nitrogens with one attached hydrogen (secondary N) is 1. The third-order valence-corrected chi connectivity index (χ3v) is 6.36. The quantitative estimate of drug-likeness (QED) is 0.606. The molecule has 164 valence electrons. The SMILES string of the molecule is CC(=O)SCCN(CCC1=CCCCC1)C(=O)N[C@@H](C)C(=O)N1CCN(C)CC1. The molecular weight excluding hydrogens is 388 g/mol. The van der Waals surface area contributed by atoms with Crippen molar-refractivity contribution < 1.29 is 14.4 Å². The minimum atomic E-state index is -0.553. The minimum Gasteiger partial charge on any atom is -0.338 e.